The average molecular weight is 324 g/mol. The number of carbonyl (C=O) groups is 1. The van der Waals surface area contributed by atoms with Crippen LogP contribution in [0.5, 0.6) is 0 Å². The van der Waals surface area contributed by atoms with Crippen LogP contribution in [0, 0.1) is 6.92 Å². The van der Waals surface area contributed by atoms with E-state index in [2.05, 4.69) is 0 Å². The zero-order valence-corrected chi connectivity index (χ0v) is 12.3. The number of sulfonamides is 1. The molecule has 0 aliphatic carbocycles. The van der Waals surface area contributed by atoms with Crippen molar-refractivity contribution in [1.82, 2.24) is 9.62 Å². The van der Waals surface area contributed by atoms with Crippen molar-refractivity contribution in [2.45, 2.75) is 18.0 Å². The van der Waals surface area contributed by atoms with Gasteiger partial charge in [-0.1, -0.05) is 17.7 Å². The van der Waals surface area contributed by atoms with Gasteiger partial charge in [-0.2, -0.15) is 17.5 Å². The number of likely N-dealkylation sites (N-methyl/N-ethyl adjacent to an activating group) is 1. The number of hydrogen-bond acceptors (Lipinski definition) is 3. The van der Waals surface area contributed by atoms with Gasteiger partial charge in [0.2, 0.25) is 15.9 Å². The number of hydrogen-bond donors (Lipinski definition) is 1. The van der Waals surface area contributed by atoms with Gasteiger partial charge in [0.15, 0.2) is 0 Å². The van der Waals surface area contributed by atoms with E-state index in [0.29, 0.717) is 4.31 Å². The molecule has 0 unspecified atom stereocenters. The van der Waals surface area contributed by atoms with Crippen LogP contribution < -0.4 is 5.32 Å². The molecule has 5 nitrogen and oxygen atoms in total. The molecule has 1 amide bonds. The van der Waals surface area contributed by atoms with Crippen LogP contribution in [-0.2, 0) is 14.8 Å². The van der Waals surface area contributed by atoms with Crippen molar-refractivity contribution in [1.29, 1.82) is 0 Å². The lowest BCUT2D eigenvalue weighted by Crippen LogP contribution is -2.41. The van der Waals surface area contributed by atoms with E-state index in [0.717, 1.165) is 12.6 Å². The van der Waals surface area contributed by atoms with Crippen molar-refractivity contribution in [3.05, 3.63) is 29.8 Å². The van der Waals surface area contributed by atoms with Gasteiger partial charge in [-0.3, -0.25) is 4.79 Å². The Bertz CT molecular complexity index is 597. The Hall–Kier alpha value is -1.61. The average Bonchev–Trinajstić information content (AvgIpc) is 2.36. The summed E-state index contributed by atoms with van der Waals surface area (Å²) in [5, 5.41) is 1.62. The van der Waals surface area contributed by atoms with Crippen LogP contribution in [0.4, 0.5) is 13.2 Å². The van der Waals surface area contributed by atoms with Crippen molar-refractivity contribution in [2.24, 2.45) is 0 Å². The molecule has 21 heavy (non-hydrogen) atoms. The SMILES string of the molecule is Cc1ccc(S(=O)(=O)N(C)CC(=O)NCC(F)(F)F)cc1. The van der Waals surface area contributed by atoms with E-state index >= 15 is 0 Å². The molecule has 0 aromatic heterocycles. The smallest absolute Gasteiger partial charge is 0.346 e. The molecule has 1 aromatic carbocycles. The normalized spacial score (nSPS) is 12.5. The number of alkyl halides is 3. The monoisotopic (exact) mass is 324 g/mol. The van der Waals surface area contributed by atoms with Crippen LogP contribution in [0.2, 0.25) is 0 Å². The predicted molar refractivity (Wildman–Crippen MR) is 70.1 cm³/mol. The minimum Gasteiger partial charge on any atom is -0.346 e. The molecule has 1 aromatic rings. The third kappa shape index (κ3) is 5.35. The maximum absolute atomic E-state index is 12.1. The molecule has 0 heterocycles. The number of rotatable bonds is 5. The van der Waals surface area contributed by atoms with E-state index < -0.39 is 35.2 Å². The molecule has 9 heteroatoms. The number of nitrogens with one attached hydrogen (secondary N) is 1. The number of halogens is 3. The summed E-state index contributed by atoms with van der Waals surface area (Å²) >= 11 is 0. The van der Waals surface area contributed by atoms with Gasteiger partial charge in [-0.15, -0.1) is 0 Å². The molecule has 0 radical (unpaired) electrons. The van der Waals surface area contributed by atoms with E-state index in [1.165, 1.54) is 12.1 Å². The quantitative estimate of drug-likeness (QED) is 0.888. The molecular formula is C12H15F3N2O3S. The second-order valence-corrected chi connectivity index (χ2v) is 6.51. The Morgan fingerprint density at radius 3 is 2.24 bits per heavy atom. The first-order valence-electron chi connectivity index (χ1n) is 5.89. The molecule has 0 fully saturated rings. The molecule has 0 aliphatic rings. The van der Waals surface area contributed by atoms with E-state index in [9.17, 15) is 26.4 Å². The van der Waals surface area contributed by atoms with Gasteiger partial charge < -0.3 is 5.32 Å². The Labute approximate surface area is 120 Å². The summed E-state index contributed by atoms with van der Waals surface area (Å²) in [6, 6.07) is 5.92. The first kappa shape index (κ1) is 17.4. The molecule has 0 saturated heterocycles. The van der Waals surface area contributed by atoms with Crippen LogP contribution in [0.25, 0.3) is 0 Å². The lowest BCUT2D eigenvalue weighted by Gasteiger charge is -2.17. The molecule has 0 saturated carbocycles. The minimum absolute atomic E-state index is 0.0285. The molecule has 1 rings (SSSR count). The zero-order chi connectivity index (χ0) is 16.3. The van der Waals surface area contributed by atoms with Gasteiger partial charge in [0.05, 0.1) is 11.4 Å². The Kier molecular flexibility index (Phi) is 5.35. The van der Waals surface area contributed by atoms with E-state index in [1.54, 1.807) is 24.4 Å². The second kappa shape index (κ2) is 6.44. The summed E-state index contributed by atoms with van der Waals surface area (Å²) in [4.78, 5) is 11.3. The summed E-state index contributed by atoms with van der Waals surface area (Å²) < 4.78 is 60.7. The van der Waals surface area contributed by atoms with Crippen molar-refractivity contribution < 1.29 is 26.4 Å². The van der Waals surface area contributed by atoms with Gasteiger partial charge >= 0.3 is 6.18 Å². The number of aryl methyl sites for hydroxylation is 1. The maximum atomic E-state index is 12.1. The number of benzene rings is 1. The Balaban J connectivity index is 2.72. The lowest BCUT2D eigenvalue weighted by molar-refractivity contribution is -0.138. The summed E-state index contributed by atoms with van der Waals surface area (Å²) in [6.45, 7) is -0.402. The third-order valence-electron chi connectivity index (χ3n) is 2.58. The fraction of sp³-hybridized carbons (Fsp3) is 0.417. The highest BCUT2D eigenvalue weighted by molar-refractivity contribution is 7.89. The highest BCUT2D eigenvalue weighted by Crippen LogP contribution is 2.15. The van der Waals surface area contributed by atoms with Gasteiger partial charge in [-0.25, -0.2) is 8.42 Å². The fourth-order valence-corrected chi connectivity index (χ4v) is 2.56. The summed E-state index contributed by atoms with van der Waals surface area (Å²) in [6.07, 6.45) is -4.54. The van der Waals surface area contributed by atoms with Gasteiger partial charge in [0.25, 0.3) is 0 Å². The van der Waals surface area contributed by atoms with E-state index in [1.807, 2.05) is 0 Å². The van der Waals surface area contributed by atoms with E-state index in [4.69, 9.17) is 0 Å². The summed E-state index contributed by atoms with van der Waals surface area (Å²) in [5.74, 6) is -1.02. The van der Waals surface area contributed by atoms with Crippen LogP contribution in [0.15, 0.2) is 29.2 Å². The number of nitrogens with zero attached hydrogens (tertiary/aromatic N) is 1. The van der Waals surface area contributed by atoms with Crippen molar-refractivity contribution in [3.8, 4) is 0 Å². The second-order valence-electron chi connectivity index (χ2n) is 4.47. The van der Waals surface area contributed by atoms with Crippen LogP contribution in [0.1, 0.15) is 5.56 Å². The molecule has 0 spiro atoms. The third-order valence-corrected chi connectivity index (χ3v) is 4.40. The van der Waals surface area contributed by atoms with Crippen LogP contribution in [0.3, 0.4) is 0 Å². The Morgan fingerprint density at radius 1 is 1.24 bits per heavy atom. The molecule has 0 bridgehead atoms. The molecular weight excluding hydrogens is 309 g/mol. The summed E-state index contributed by atoms with van der Waals surface area (Å²) in [7, 11) is -2.79. The van der Waals surface area contributed by atoms with Crippen molar-refractivity contribution >= 4 is 15.9 Å². The highest BCUT2D eigenvalue weighted by atomic mass is 32.2. The molecule has 1 N–H and O–H groups in total. The molecule has 118 valence electrons. The molecule has 0 atom stereocenters. The number of carbonyl (C=O) groups excluding carboxylic acids is 1. The van der Waals surface area contributed by atoms with Crippen molar-refractivity contribution in [3.63, 3.8) is 0 Å². The van der Waals surface area contributed by atoms with Crippen molar-refractivity contribution in [2.75, 3.05) is 20.1 Å². The lowest BCUT2D eigenvalue weighted by atomic mass is 10.2. The standard InChI is InChI=1S/C12H15F3N2O3S/c1-9-3-5-10(6-4-9)21(19,20)17(2)7-11(18)16-8-12(13,14)15/h3-6H,7-8H2,1-2H3,(H,16,18). The fourth-order valence-electron chi connectivity index (χ4n) is 1.43. The first-order valence-corrected chi connectivity index (χ1v) is 7.33. The number of amides is 1. The van der Waals surface area contributed by atoms with Gasteiger partial charge in [0, 0.05) is 7.05 Å². The van der Waals surface area contributed by atoms with Gasteiger partial charge in [-0.05, 0) is 19.1 Å². The first-order chi connectivity index (χ1) is 9.52. The van der Waals surface area contributed by atoms with E-state index in [-0.39, 0.29) is 4.90 Å². The highest BCUT2D eigenvalue weighted by Gasteiger charge is 2.29. The van der Waals surface area contributed by atoms with Crippen LogP contribution in [-0.4, -0.2) is 44.9 Å². The minimum atomic E-state index is -4.54. The molecule has 0 aliphatic heterocycles. The Morgan fingerprint density at radius 2 is 1.76 bits per heavy atom. The topological polar surface area (TPSA) is 66.5 Å². The van der Waals surface area contributed by atoms with Gasteiger partial charge in [0.1, 0.15) is 6.54 Å². The maximum Gasteiger partial charge on any atom is 0.405 e. The predicted octanol–water partition coefficient (Wildman–Crippen LogP) is 1.29. The largest absolute Gasteiger partial charge is 0.405 e. The summed E-state index contributed by atoms with van der Waals surface area (Å²) in [5.41, 5.74) is 0.861. The van der Waals surface area contributed by atoms with Crippen LogP contribution >= 0.6 is 0 Å². The zero-order valence-electron chi connectivity index (χ0n) is 11.4.